The van der Waals surface area contributed by atoms with E-state index in [9.17, 15) is 15.0 Å². The second-order valence-electron chi connectivity index (χ2n) is 3.28. The van der Waals surface area contributed by atoms with Gasteiger partial charge in [-0.3, -0.25) is 4.79 Å². The summed E-state index contributed by atoms with van der Waals surface area (Å²) < 4.78 is 0. The first-order valence-corrected chi connectivity index (χ1v) is 5.02. The maximum atomic E-state index is 11.9. The molecule has 1 amide bonds. The molecule has 5 nitrogen and oxygen atoms in total. The summed E-state index contributed by atoms with van der Waals surface area (Å²) in [7, 11) is 0. The molecule has 3 N–H and O–H groups in total. The number of phenols is 2. The third kappa shape index (κ3) is 2.43. The molecule has 0 aliphatic carbocycles. The van der Waals surface area contributed by atoms with Gasteiger partial charge in [-0.2, -0.15) is 0 Å². The Balaban J connectivity index is 2.99. The van der Waals surface area contributed by atoms with E-state index in [1.807, 2.05) is 0 Å². The van der Waals surface area contributed by atoms with Crippen LogP contribution in [-0.4, -0.2) is 45.8 Å². The molecule has 0 spiro atoms. The molecule has 0 unspecified atom stereocenters. The van der Waals surface area contributed by atoms with E-state index >= 15 is 0 Å². The van der Waals surface area contributed by atoms with Crippen LogP contribution in [0.25, 0.3) is 0 Å². The largest absolute Gasteiger partial charge is 0.504 e. The first-order chi connectivity index (χ1) is 7.61. The molecule has 1 rings (SSSR count). The van der Waals surface area contributed by atoms with E-state index in [2.05, 4.69) is 0 Å². The summed E-state index contributed by atoms with van der Waals surface area (Å²) in [5, 5.41) is 27.6. The fourth-order valence-electron chi connectivity index (χ4n) is 1.40. The van der Waals surface area contributed by atoms with E-state index in [1.54, 1.807) is 6.92 Å². The summed E-state index contributed by atoms with van der Waals surface area (Å²) in [5.74, 6) is -1.17. The number of amides is 1. The monoisotopic (exact) mass is 225 g/mol. The predicted octanol–water partition coefficient (Wildman–Crippen LogP) is 0.552. The highest BCUT2D eigenvalue weighted by Crippen LogP contribution is 2.28. The molecule has 0 saturated carbocycles. The third-order valence-corrected chi connectivity index (χ3v) is 2.28. The van der Waals surface area contributed by atoms with Crippen molar-refractivity contribution >= 4 is 5.91 Å². The maximum Gasteiger partial charge on any atom is 0.257 e. The van der Waals surface area contributed by atoms with Gasteiger partial charge in [-0.25, -0.2) is 0 Å². The molecule has 0 fully saturated rings. The number of hydrogen-bond donors (Lipinski definition) is 3. The number of nitrogens with zero attached hydrogens (tertiary/aromatic N) is 1. The lowest BCUT2D eigenvalue weighted by molar-refractivity contribution is 0.0728. The van der Waals surface area contributed by atoms with Crippen molar-refractivity contribution in [3.8, 4) is 11.5 Å². The van der Waals surface area contributed by atoms with Gasteiger partial charge in [0, 0.05) is 13.1 Å². The second kappa shape index (κ2) is 5.37. The van der Waals surface area contributed by atoms with Crippen molar-refractivity contribution in [3.63, 3.8) is 0 Å². The van der Waals surface area contributed by atoms with Crippen LogP contribution in [-0.2, 0) is 0 Å². The van der Waals surface area contributed by atoms with Crippen molar-refractivity contribution in [1.29, 1.82) is 0 Å². The molecule has 0 heterocycles. The molecular formula is C11H15NO4. The van der Waals surface area contributed by atoms with E-state index in [4.69, 9.17) is 5.11 Å². The topological polar surface area (TPSA) is 81.0 Å². The van der Waals surface area contributed by atoms with Gasteiger partial charge in [0.05, 0.1) is 12.2 Å². The number of benzene rings is 1. The highest BCUT2D eigenvalue weighted by Gasteiger charge is 2.18. The zero-order valence-corrected chi connectivity index (χ0v) is 9.05. The van der Waals surface area contributed by atoms with Gasteiger partial charge in [0.25, 0.3) is 5.91 Å². The Morgan fingerprint density at radius 3 is 2.62 bits per heavy atom. The van der Waals surface area contributed by atoms with E-state index in [0.717, 1.165) is 0 Å². The molecule has 16 heavy (non-hydrogen) atoms. The first-order valence-electron chi connectivity index (χ1n) is 5.02. The second-order valence-corrected chi connectivity index (χ2v) is 3.28. The van der Waals surface area contributed by atoms with Gasteiger partial charge in [0.1, 0.15) is 0 Å². The molecule has 0 saturated heterocycles. The van der Waals surface area contributed by atoms with Crippen molar-refractivity contribution in [3.05, 3.63) is 23.8 Å². The molecule has 5 heteroatoms. The highest BCUT2D eigenvalue weighted by atomic mass is 16.3. The van der Waals surface area contributed by atoms with Crippen LogP contribution in [0.1, 0.15) is 17.3 Å². The summed E-state index contributed by atoms with van der Waals surface area (Å²) in [5.41, 5.74) is 0.0373. The van der Waals surface area contributed by atoms with Crippen LogP contribution >= 0.6 is 0 Å². The fraction of sp³-hybridized carbons (Fsp3) is 0.364. The molecule has 0 aliphatic heterocycles. The van der Waals surface area contributed by atoms with Crippen molar-refractivity contribution in [2.24, 2.45) is 0 Å². The molecule has 0 radical (unpaired) electrons. The van der Waals surface area contributed by atoms with Gasteiger partial charge in [0.15, 0.2) is 11.5 Å². The smallest absolute Gasteiger partial charge is 0.257 e. The van der Waals surface area contributed by atoms with Crippen LogP contribution in [0.5, 0.6) is 11.5 Å². The number of likely N-dealkylation sites (N-methyl/N-ethyl adjacent to an activating group) is 1. The van der Waals surface area contributed by atoms with E-state index in [-0.39, 0.29) is 24.5 Å². The van der Waals surface area contributed by atoms with Gasteiger partial charge >= 0.3 is 0 Å². The lowest BCUT2D eigenvalue weighted by Gasteiger charge is -2.20. The molecule has 88 valence electrons. The number of carbonyl (C=O) groups excluding carboxylic acids is 1. The average Bonchev–Trinajstić information content (AvgIpc) is 2.29. The summed E-state index contributed by atoms with van der Waals surface area (Å²) in [6, 6.07) is 4.21. The van der Waals surface area contributed by atoms with Crippen molar-refractivity contribution in [1.82, 2.24) is 4.90 Å². The number of hydrogen-bond acceptors (Lipinski definition) is 4. The van der Waals surface area contributed by atoms with Crippen LogP contribution < -0.4 is 0 Å². The van der Waals surface area contributed by atoms with E-state index < -0.39 is 11.7 Å². The minimum Gasteiger partial charge on any atom is -0.504 e. The van der Waals surface area contributed by atoms with E-state index in [1.165, 1.54) is 23.1 Å². The minimum atomic E-state index is -0.427. The van der Waals surface area contributed by atoms with Crippen LogP contribution in [0.2, 0.25) is 0 Å². The van der Waals surface area contributed by atoms with Gasteiger partial charge in [-0.05, 0) is 19.1 Å². The molecule has 0 aromatic heterocycles. The lowest BCUT2D eigenvalue weighted by Crippen LogP contribution is -2.33. The normalized spacial score (nSPS) is 10.1. The maximum absolute atomic E-state index is 11.9. The minimum absolute atomic E-state index is 0.0373. The molecule has 1 aromatic carbocycles. The van der Waals surface area contributed by atoms with E-state index in [0.29, 0.717) is 6.54 Å². The standard InChI is InChI=1S/C11H15NO4/c1-2-12(6-7-13)11(16)8-4-3-5-9(14)10(8)15/h3-5,13-15H,2,6-7H2,1H3. The zero-order valence-electron chi connectivity index (χ0n) is 9.05. The van der Waals surface area contributed by atoms with Crippen molar-refractivity contribution < 1.29 is 20.1 Å². The first kappa shape index (κ1) is 12.3. The van der Waals surface area contributed by atoms with Gasteiger partial charge in [-0.1, -0.05) is 6.07 Å². The Hall–Kier alpha value is -1.75. The van der Waals surface area contributed by atoms with Gasteiger partial charge in [-0.15, -0.1) is 0 Å². The zero-order chi connectivity index (χ0) is 12.1. The van der Waals surface area contributed by atoms with Crippen LogP contribution in [0.15, 0.2) is 18.2 Å². The number of phenolic OH excluding ortho intramolecular Hbond substituents is 2. The fourth-order valence-corrected chi connectivity index (χ4v) is 1.40. The number of aliphatic hydroxyl groups excluding tert-OH is 1. The molecule has 0 atom stereocenters. The average molecular weight is 225 g/mol. The van der Waals surface area contributed by atoms with Crippen molar-refractivity contribution in [2.75, 3.05) is 19.7 Å². The number of carbonyl (C=O) groups is 1. The van der Waals surface area contributed by atoms with Crippen LogP contribution in [0.3, 0.4) is 0 Å². The summed E-state index contributed by atoms with van der Waals surface area (Å²) in [6.07, 6.45) is 0. The molecule has 0 bridgehead atoms. The Kier molecular flexibility index (Phi) is 4.13. The number of rotatable bonds is 4. The number of aliphatic hydroxyl groups is 1. The molecule has 0 aliphatic rings. The van der Waals surface area contributed by atoms with Crippen molar-refractivity contribution in [2.45, 2.75) is 6.92 Å². The number of aromatic hydroxyl groups is 2. The molecule has 1 aromatic rings. The molecular weight excluding hydrogens is 210 g/mol. The Bertz CT molecular complexity index is 378. The summed E-state index contributed by atoms with van der Waals surface area (Å²) in [6.45, 7) is 2.26. The van der Waals surface area contributed by atoms with Gasteiger partial charge < -0.3 is 20.2 Å². The lowest BCUT2D eigenvalue weighted by atomic mass is 10.1. The Morgan fingerprint density at radius 1 is 1.38 bits per heavy atom. The summed E-state index contributed by atoms with van der Waals surface area (Å²) in [4.78, 5) is 13.3. The van der Waals surface area contributed by atoms with Crippen LogP contribution in [0.4, 0.5) is 0 Å². The quantitative estimate of drug-likeness (QED) is 0.654. The Morgan fingerprint density at radius 2 is 2.06 bits per heavy atom. The highest BCUT2D eigenvalue weighted by molar-refractivity contribution is 5.97. The number of para-hydroxylation sites is 1. The SMILES string of the molecule is CCN(CCO)C(=O)c1cccc(O)c1O. The predicted molar refractivity (Wildman–Crippen MR) is 58.4 cm³/mol. The third-order valence-electron chi connectivity index (χ3n) is 2.28. The Labute approximate surface area is 93.6 Å². The summed E-state index contributed by atoms with van der Waals surface area (Å²) >= 11 is 0. The van der Waals surface area contributed by atoms with Gasteiger partial charge in [0.2, 0.25) is 0 Å². The van der Waals surface area contributed by atoms with Crippen LogP contribution in [0, 0.1) is 0 Å².